The SMILES string of the molecule is CCCNc1nc(NCCCC2CCCC2)nc(OC)n1. The fourth-order valence-electron chi connectivity index (χ4n) is 2.73. The molecule has 1 aromatic heterocycles. The van der Waals surface area contributed by atoms with Crippen molar-refractivity contribution < 1.29 is 4.74 Å². The summed E-state index contributed by atoms with van der Waals surface area (Å²) < 4.78 is 5.12. The molecule has 0 aliphatic heterocycles. The summed E-state index contributed by atoms with van der Waals surface area (Å²) in [5.74, 6) is 2.09. The number of methoxy groups -OCH3 is 1. The molecule has 21 heavy (non-hydrogen) atoms. The zero-order chi connectivity index (χ0) is 14.9. The molecule has 1 aliphatic carbocycles. The van der Waals surface area contributed by atoms with Crippen LogP contribution >= 0.6 is 0 Å². The lowest BCUT2D eigenvalue weighted by molar-refractivity contribution is 0.379. The van der Waals surface area contributed by atoms with Gasteiger partial charge in [0.05, 0.1) is 7.11 Å². The Morgan fingerprint density at radius 2 is 1.71 bits per heavy atom. The molecule has 1 aliphatic rings. The highest BCUT2D eigenvalue weighted by molar-refractivity contribution is 5.35. The van der Waals surface area contributed by atoms with Crippen LogP contribution < -0.4 is 15.4 Å². The summed E-state index contributed by atoms with van der Waals surface area (Å²) in [5, 5.41) is 6.44. The molecular formula is C15H27N5O. The number of anilines is 2. The van der Waals surface area contributed by atoms with Crippen LogP contribution in [0.3, 0.4) is 0 Å². The molecule has 118 valence electrons. The number of hydrogen-bond donors (Lipinski definition) is 2. The van der Waals surface area contributed by atoms with Crippen molar-refractivity contribution in [1.29, 1.82) is 0 Å². The zero-order valence-corrected chi connectivity index (χ0v) is 13.2. The number of hydrogen-bond acceptors (Lipinski definition) is 6. The first-order valence-electron chi connectivity index (χ1n) is 8.09. The first-order valence-corrected chi connectivity index (χ1v) is 8.09. The Balaban J connectivity index is 1.80. The fraction of sp³-hybridized carbons (Fsp3) is 0.800. The summed E-state index contributed by atoms with van der Waals surface area (Å²) in [7, 11) is 1.57. The summed E-state index contributed by atoms with van der Waals surface area (Å²) in [5.41, 5.74) is 0. The molecule has 6 heteroatoms. The van der Waals surface area contributed by atoms with E-state index in [0.29, 0.717) is 17.9 Å². The van der Waals surface area contributed by atoms with Gasteiger partial charge in [0.1, 0.15) is 0 Å². The molecule has 0 unspecified atom stereocenters. The third-order valence-corrected chi connectivity index (χ3v) is 3.88. The Bertz CT molecular complexity index is 421. The van der Waals surface area contributed by atoms with E-state index in [2.05, 4.69) is 32.5 Å². The molecule has 0 amide bonds. The van der Waals surface area contributed by atoms with Crippen molar-refractivity contribution in [3.8, 4) is 6.01 Å². The van der Waals surface area contributed by atoms with E-state index in [1.54, 1.807) is 7.11 Å². The van der Waals surface area contributed by atoms with Gasteiger partial charge in [0.15, 0.2) is 0 Å². The molecule has 0 spiro atoms. The summed E-state index contributed by atoms with van der Waals surface area (Å²) in [6.45, 7) is 3.85. The van der Waals surface area contributed by atoms with E-state index in [1.165, 1.54) is 32.1 Å². The van der Waals surface area contributed by atoms with E-state index < -0.39 is 0 Å². The number of nitrogens with one attached hydrogen (secondary N) is 2. The fourth-order valence-corrected chi connectivity index (χ4v) is 2.73. The normalized spacial score (nSPS) is 15.1. The van der Waals surface area contributed by atoms with Crippen molar-refractivity contribution in [2.75, 3.05) is 30.8 Å². The van der Waals surface area contributed by atoms with Crippen LogP contribution in [0.4, 0.5) is 11.9 Å². The lowest BCUT2D eigenvalue weighted by atomic mass is 10.0. The average Bonchev–Trinajstić information content (AvgIpc) is 3.02. The molecule has 0 saturated heterocycles. The minimum atomic E-state index is 0.349. The Morgan fingerprint density at radius 1 is 1.05 bits per heavy atom. The highest BCUT2D eigenvalue weighted by Gasteiger charge is 2.14. The average molecular weight is 293 g/mol. The largest absolute Gasteiger partial charge is 0.467 e. The van der Waals surface area contributed by atoms with Gasteiger partial charge in [0, 0.05) is 13.1 Å². The number of rotatable bonds is 9. The maximum atomic E-state index is 5.12. The Hall–Kier alpha value is -1.59. The smallest absolute Gasteiger partial charge is 0.322 e. The topological polar surface area (TPSA) is 72.0 Å². The molecule has 6 nitrogen and oxygen atoms in total. The van der Waals surface area contributed by atoms with Gasteiger partial charge >= 0.3 is 6.01 Å². The number of aromatic nitrogens is 3. The minimum absolute atomic E-state index is 0.349. The van der Waals surface area contributed by atoms with Crippen LogP contribution in [-0.4, -0.2) is 35.2 Å². The molecular weight excluding hydrogens is 266 g/mol. The van der Waals surface area contributed by atoms with Gasteiger partial charge in [-0.25, -0.2) is 0 Å². The summed E-state index contributed by atoms with van der Waals surface area (Å²) in [6.07, 6.45) is 9.13. The predicted molar refractivity (Wildman–Crippen MR) is 84.8 cm³/mol. The van der Waals surface area contributed by atoms with Crippen molar-refractivity contribution >= 4 is 11.9 Å². The highest BCUT2D eigenvalue weighted by Crippen LogP contribution is 2.28. The lowest BCUT2D eigenvalue weighted by Gasteiger charge is -2.10. The van der Waals surface area contributed by atoms with Gasteiger partial charge in [-0.1, -0.05) is 32.6 Å². The van der Waals surface area contributed by atoms with Gasteiger partial charge in [-0.2, -0.15) is 15.0 Å². The van der Waals surface area contributed by atoms with Crippen molar-refractivity contribution in [2.24, 2.45) is 5.92 Å². The van der Waals surface area contributed by atoms with E-state index in [9.17, 15) is 0 Å². The molecule has 0 radical (unpaired) electrons. The summed E-state index contributed by atoms with van der Waals surface area (Å²) >= 11 is 0. The van der Waals surface area contributed by atoms with Gasteiger partial charge in [0.2, 0.25) is 11.9 Å². The van der Waals surface area contributed by atoms with Crippen molar-refractivity contribution in [3.05, 3.63) is 0 Å². The minimum Gasteiger partial charge on any atom is -0.467 e. The maximum absolute atomic E-state index is 5.12. The second kappa shape index (κ2) is 8.64. The van der Waals surface area contributed by atoms with E-state index in [4.69, 9.17) is 4.74 Å². The highest BCUT2D eigenvalue weighted by atomic mass is 16.5. The van der Waals surface area contributed by atoms with E-state index >= 15 is 0 Å². The second-order valence-electron chi connectivity index (χ2n) is 5.62. The van der Waals surface area contributed by atoms with Crippen LogP contribution in [0.15, 0.2) is 0 Å². The van der Waals surface area contributed by atoms with E-state index in [0.717, 1.165) is 31.8 Å². The summed E-state index contributed by atoms with van der Waals surface area (Å²) in [6, 6.07) is 0.349. The number of ether oxygens (including phenoxy) is 1. The Kier molecular flexibility index (Phi) is 6.50. The quantitative estimate of drug-likeness (QED) is 0.682. The molecule has 1 heterocycles. The maximum Gasteiger partial charge on any atom is 0.322 e. The van der Waals surface area contributed by atoms with Crippen LogP contribution in [0.1, 0.15) is 51.9 Å². The van der Waals surface area contributed by atoms with Gasteiger partial charge in [-0.15, -0.1) is 0 Å². The molecule has 2 N–H and O–H groups in total. The van der Waals surface area contributed by atoms with E-state index in [-0.39, 0.29) is 0 Å². The molecule has 0 aromatic carbocycles. The third kappa shape index (κ3) is 5.36. The molecule has 1 saturated carbocycles. The van der Waals surface area contributed by atoms with Gasteiger partial charge in [-0.05, 0) is 25.2 Å². The van der Waals surface area contributed by atoms with Crippen molar-refractivity contribution in [2.45, 2.75) is 51.9 Å². The molecule has 2 rings (SSSR count). The van der Waals surface area contributed by atoms with Crippen LogP contribution in [0, 0.1) is 5.92 Å². The Labute approximate surface area is 127 Å². The van der Waals surface area contributed by atoms with Crippen LogP contribution in [0.25, 0.3) is 0 Å². The van der Waals surface area contributed by atoms with Crippen LogP contribution in [0.5, 0.6) is 6.01 Å². The predicted octanol–water partition coefficient (Wildman–Crippen LogP) is 3.08. The van der Waals surface area contributed by atoms with Crippen molar-refractivity contribution in [1.82, 2.24) is 15.0 Å². The van der Waals surface area contributed by atoms with E-state index in [1.807, 2.05) is 0 Å². The van der Waals surface area contributed by atoms with Gasteiger partial charge < -0.3 is 15.4 Å². The van der Waals surface area contributed by atoms with Crippen molar-refractivity contribution in [3.63, 3.8) is 0 Å². The standard InChI is InChI=1S/C15H27N5O/c1-3-10-16-13-18-14(20-15(19-13)21-2)17-11-6-9-12-7-4-5-8-12/h12H,3-11H2,1-2H3,(H2,16,17,18,19,20). The number of nitrogens with zero attached hydrogens (tertiary/aromatic N) is 3. The first kappa shape index (κ1) is 15.8. The van der Waals surface area contributed by atoms with Gasteiger partial charge in [0.25, 0.3) is 0 Å². The monoisotopic (exact) mass is 293 g/mol. The second-order valence-corrected chi connectivity index (χ2v) is 5.62. The van der Waals surface area contributed by atoms with Gasteiger partial charge in [-0.3, -0.25) is 0 Å². The Morgan fingerprint density at radius 3 is 2.33 bits per heavy atom. The van der Waals surface area contributed by atoms with Crippen LogP contribution in [0.2, 0.25) is 0 Å². The molecule has 0 atom stereocenters. The van der Waals surface area contributed by atoms with Crippen LogP contribution in [-0.2, 0) is 0 Å². The summed E-state index contributed by atoms with van der Waals surface area (Å²) in [4.78, 5) is 12.8. The third-order valence-electron chi connectivity index (χ3n) is 3.88. The zero-order valence-electron chi connectivity index (χ0n) is 13.2. The lowest BCUT2D eigenvalue weighted by Crippen LogP contribution is -2.12. The molecule has 0 bridgehead atoms. The molecule has 1 fully saturated rings. The molecule has 1 aromatic rings. The first-order chi connectivity index (χ1) is 10.3.